The molecule has 0 saturated heterocycles. The van der Waals surface area contributed by atoms with Crippen molar-refractivity contribution in [3.63, 3.8) is 0 Å². The fraction of sp³-hybridized carbons (Fsp3) is 0.133. The van der Waals surface area contributed by atoms with Crippen LogP contribution in [0.5, 0.6) is 0 Å². The number of hydrogen-bond acceptors (Lipinski definition) is 1. The summed E-state index contributed by atoms with van der Waals surface area (Å²) in [7, 11) is 0. The summed E-state index contributed by atoms with van der Waals surface area (Å²) in [4.78, 5) is 12.0. The molecule has 0 aliphatic heterocycles. The van der Waals surface area contributed by atoms with Gasteiger partial charge in [-0.1, -0.05) is 35.9 Å². The smallest absolute Gasteiger partial charge is 0.167 e. The Morgan fingerprint density at radius 1 is 1.16 bits per heavy atom. The van der Waals surface area contributed by atoms with Crippen molar-refractivity contribution in [1.29, 1.82) is 0 Å². The van der Waals surface area contributed by atoms with Crippen molar-refractivity contribution in [2.45, 2.75) is 13.3 Å². The van der Waals surface area contributed by atoms with E-state index in [0.29, 0.717) is 11.1 Å². The second-order valence-corrected chi connectivity index (χ2v) is 4.65. The monoisotopic (exact) mass is 280 g/mol. The molecule has 0 heterocycles. The third kappa shape index (κ3) is 2.99. The predicted molar refractivity (Wildman–Crippen MR) is 70.6 cm³/mol. The molecular formula is C15H11ClF2O. The summed E-state index contributed by atoms with van der Waals surface area (Å²) in [6, 6.07) is 8.56. The first kappa shape index (κ1) is 13.7. The van der Waals surface area contributed by atoms with E-state index in [0.717, 1.165) is 0 Å². The Balaban J connectivity index is 2.26. The van der Waals surface area contributed by atoms with E-state index in [1.165, 1.54) is 24.3 Å². The number of Topliss-reactive ketones (excluding diaryl/α,β-unsaturated/α-hetero) is 1. The quantitative estimate of drug-likeness (QED) is 0.764. The highest BCUT2D eigenvalue weighted by molar-refractivity contribution is 6.31. The first-order valence-corrected chi connectivity index (χ1v) is 6.09. The Kier molecular flexibility index (Phi) is 3.96. The van der Waals surface area contributed by atoms with Crippen molar-refractivity contribution in [3.05, 3.63) is 69.7 Å². The van der Waals surface area contributed by atoms with Crippen LogP contribution < -0.4 is 0 Å². The van der Waals surface area contributed by atoms with E-state index in [-0.39, 0.29) is 22.8 Å². The van der Waals surface area contributed by atoms with Gasteiger partial charge in [-0.2, -0.15) is 0 Å². The van der Waals surface area contributed by atoms with Gasteiger partial charge in [0.2, 0.25) is 0 Å². The van der Waals surface area contributed by atoms with Gasteiger partial charge in [-0.3, -0.25) is 4.79 Å². The molecule has 0 spiro atoms. The molecule has 0 bridgehead atoms. The van der Waals surface area contributed by atoms with Crippen LogP contribution in [0.3, 0.4) is 0 Å². The van der Waals surface area contributed by atoms with Gasteiger partial charge in [0.25, 0.3) is 0 Å². The Labute approximate surface area is 114 Å². The molecule has 0 N–H and O–H groups in total. The molecule has 0 amide bonds. The van der Waals surface area contributed by atoms with Crippen LogP contribution in [0.4, 0.5) is 8.78 Å². The van der Waals surface area contributed by atoms with Crippen molar-refractivity contribution in [3.8, 4) is 0 Å². The molecule has 0 aliphatic rings. The largest absolute Gasteiger partial charge is 0.294 e. The van der Waals surface area contributed by atoms with Crippen LogP contribution in [0, 0.1) is 18.6 Å². The first-order chi connectivity index (χ1) is 8.99. The maximum atomic E-state index is 13.4. The summed E-state index contributed by atoms with van der Waals surface area (Å²) in [5.41, 5.74) is 1.12. The summed E-state index contributed by atoms with van der Waals surface area (Å²) >= 11 is 5.78. The van der Waals surface area contributed by atoms with Gasteiger partial charge in [0.1, 0.15) is 11.6 Å². The number of halogens is 3. The van der Waals surface area contributed by atoms with Crippen LogP contribution in [-0.4, -0.2) is 5.78 Å². The molecule has 2 rings (SSSR count). The van der Waals surface area contributed by atoms with E-state index in [1.807, 2.05) is 0 Å². The zero-order valence-corrected chi connectivity index (χ0v) is 11.0. The van der Waals surface area contributed by atoms with Gasteiger partial charge >= 0.3 is 0 Å². The van der Waals surface area contributed by atoms with Gasteiger partial charge in [-0.05, 0) is 30.2 Å². The van der Waals surface area contributed by atoms with Crippen LogP contribution in [0.1, 0.15) is 21.5 Å². The van der Waals surface area contributed by atoms with Crippen molar-refractivity contribution in [2.75, 3.05) is 0 Å². The highest BCUT2D eigenvalue weighted by Crippen LogP contribution is 2.21. The molecule has 0 radical (unpaired) electrons. The van der Waals surface area contributed by atoms with Crippen LogP contribution in [0.15, 0.2) is 36.4 Å². The minimum absolute atomic E-state index is 0.0565. The van der Waals surface area contributed by atoms with Gasteiger partial charge < -0.3 is 0 Å². The summed E-state index contributed by atoms with van der Waals surface area (Å²) in [5.74, 6) is -1.30. The van der Waals surface area contributed by atoms with Crippen LogP contribution in [0.2, 0.25) is 5.02 Å². The zero-order chi connectivity index (χ0) is 14.0. The SMILES string of the molecule is Cc1ccc(C(=O)Cc2cccc(F)c2Cl)cc1F. The molecule has 0 aromatic heterocycles. The molecular weight excluding hydrogens is 270 g/mol. The summed E-state index contributed by atoms with van der Waals surface area (Å²) in [5, 5.41) is -0.0663. The van der Waals surface area contributed by atoms with Crippen molar-refractivity contribution in [1.82, 2.24) is 0 Å². The molecule has 0 aliphatic carbocycles. The summed E-state index contributed by atoms with van der Waals surface area (Å²) < 4.78 is 26.6. The summed E-state index contributed by atoms with van der Waals surface area (Å²) in [6.07, 6.45) is -0.0565. The highest BCUT2D eigenvalue weighted by atomic mass is 35.5. The average Bonchev–Trinajstić information content (AvgIpc) is 2.38. The van der Waals surface area contributed by atoms with Gasteiger partial charge in [0.15, 0.2) is 5.78 Å². The maximum absolute atomic E-state index is 13.4. The minimum atomic E-state index is -0.568. The second kappa shape index (κ2) is 5.49. The third-order valence-electron chi connectivity index (χ3n) is 2.88. The van der Waals surface area contributed by atoms with Crippen molar-refractivity contribution < 1.29 is 13.6 Å². The molecule has 0 fully saturated rings. The Bertz CT molecular complexity index is 638. The molecule has 0 unspecified atom stereocenters. The highest BCUT2D eigenvalue weighted by Gasteiger charge is 2.13. The molecule has 2 aromatic carbocycles. The van der Waals surface area contributed by atoms with Gasteiger partial charge in [0.05, 0.1) is 5.02 Å². The lowest BCUT2D eigenvalue weighted by Gasteiger charge is -2.05. The van der Waals surface area contributed by atoms with Crippen LogP contribution in [-0.2, 0) is 6.42 Å². The van der Waals surface area contributed by atoms with E-state index in [2.05, 4.69) is 0 Å². The second-order valence-electron chi connectivity index (χ2n) is 4.28. The molecule has 0 atom stereocenters. The average molecular weight is 281 g/mol. The number of carbonyl (C=O) groups excluding carboxylic acids is 1. The number of benzene rings is 2. The van der Waals surface area contributed by atoms with Gasteiger partial charge in [0, 0.05) is 12.0 Å². The number of ketones is 1. The van der Waals surface area contributed by atoms with Crippen LogP contribution in [0.25, 0.3) is 0 Å². The molecule has 2 aromatic rings. The van der Waals surface area contributed by atoms with Crippen LogP contribution >= 0.6 is 11.6 Å². The lowest BCUT2D eigenvalue weighted by Crippen LogP contribution is -2.05. The molecule has 1 nitrogen and oxygen atoms in total. The Hall–Kier alpha value is -1.74. The standard InChI is InChI=1S/C15H11ClF2O/c1-9-5-6-10(7-13(9)18)14(19)8-11-3-2-4-12(17)15(11)16/h2-7H,8H2,1H3. The molecule has 98 valence electrons. The van der Waals surface area contributed by atoms with Crippen molar-refractivity contribution >= 4 is 17.4 Å². The third-order valence-corrected chi connectivity index (χ3v) is 3.30. The zero-order valence-electron chi connectivity index (χ0n) is 10.2. The van der Waals surface area contributed by atoms with E-state index >= 15 is 0 Å². The Morgan fingerprint density at radius 2 is 1.89 bits per heavy atom. The molecule has 0 saturated carbocycles. The van der Waals surface area contributed by atoms with Crippen molar-refractivity contribution in [2.24, 2.45) is 0 Å². The number of rotatable bonds is 3. The summed E-state index contributed by atoms with van der Waals surface area (Å²) in [6.45, 7) is 1.62. The first-order valence-electron chi connectivity index (χ1n) is 5.71. The lowest BCUT2D eigenvalue weighted by molar-refractivity contribution is 0.0992. The number of carbonyl (C=O) groups is 1. The number of aryl methyl sites for hydroxylation is 1. The topological polar surface area (TPSA) is 17.1 Å². The van der Waals surface area contributed by atoms with Gasteiger partial charge in [-0.25, -0.2) is 8.78 Å². The molecule has 19 heavy (non-hydrogen) atoms. The Morgan fingerprint density at radius 3 is 2.58 bits per heavy atom. The van der Waals surface area contributed by atoms with E-state index in [1.54, 1.807) is 19.1 Å². The fourth-order valence-corrected chi connectivity index (χ4v) is 1.92. The minimum Gasteiger partial charge on any atom is -0.294 e. The molecule has 4 heteroatoms. The lowest BCUT2D eigenvalue weighted by atomic mass is 10.0. The predicted octanol–water partition coefficient (Wildman–Crippen LogP) is 4.35. The van der Waals surface area contributed by atoms with E-state index in [4.69, 9.17) is 11.6 Å². The van der Waals surface area contributed by atoms with E-state index < -0.39 is 11.6 Å². The fourth-order valence-electron chi connectivity index (χ4n) is 1.73. The maximum Gasteiger partial charge on any atom is 0.167 e. The normalized spacial score (nSPS) is 10.5. The van der Waals surface area contributed by atoms with E-state index in [9.17, 15) is 13.6 Å². The number of hydrogen-bond donors (Lipinski definition) is 0. The van der Waals surface area contributed by atoms with Gasteiger partial charge in [-0.15, -0.1) is 0 Å².